The Bertz CT molecular complexity index is 600. The Morgan fingerprint density at radius 2 is 1.55 bits per heavy atom. The van der Waals surface area contributed by atoms with Gasteiger partial charge in [-0.25, -0.2) is 0 Å². The molecule has 1 aromatic carbocycles. The van der Waals surface area contributed by atoms with E-state index < -0.39 is 0 Å². The molecule has 2 saturated carbocycles. The van der Waals surface area contributed by atoms with Crippen LogP contribution in [0.25, 0.3) is 6.08 Å². The molecule has 0 amide bonds. The van der Waals surface area contributed by atoms with Crippen molar-refractivity contribution in [2.75, 3.05) is 19.0 Å². The van der Waals surface area contributed by atoms with Crippen molar-refractivity contribution in [3.63, 3.8) is 0 Å². The Morgan fingerprint density at radius 3 is 2.10 bits per heavy atom. The van der Waals surface area contributed by atoms with Crippen LogP contribution in [0.1, 0.15) is 24.8 Å². The SMILES string of the molecule is CN(C)c1ccc(C=C2C=C3C(=C2)C2CCC3C2)cc1. The van der Waals surface area contributed by atoms with Gasteiger partial charge in [-0.05, 0) is 71.6 Å². The monoisotopic (exact) mass is 263 g/mol. The Morgan fingerprint density at radius 1 is 0.950 bits per heavy atom. The van der Waals surface area contributed by atoms with Crippen LogP contribution in [-0.2, 0) is 0 Å². The second kappa shape index (κ2) is 4.37. The first kappa shape index (κ1) is 12.0. The molecule has 1 aromatic rings. The van der Waals surface area contributed by atoms with E-state index in [2.05, 4.69) is 61.5 Å². The minimum atomic E-state index is 0.869. The maximum absolute atomic E-state index is 2.43. The maximum Gasteiger partial charge on any atom is 0.0361 e. The van der Waals surface area contributed by atoms with Crippen LogP contribution in [0, 0.1) is 11.8 Å². The summed E-state index contributed by atoms with van der Waals surface area (Å²) < 4.78 is 0. The standard InChI is InChI=1S/C19H21N/c1-20(2)17-7-3-13(4-8-17)9-14-10-18-15-5-6-16(12-15)19(18)11-14/h3-4,7-11,15-16H,5-6,12H2,1-2H3. The Kier molecular flexibility index (Phi) is 2.63. The van der Waals surface area contributed by atoms with Crippen LogP contribution >= 0.6 is 0 Å². The lowest BCUT2D eigenvalue weighted by Crippen LogP contribution is -2.07. The van der Waals surface area contributed by atoms with Crippen molar-refractivity contribution >= 4 is 11.8 Å². The molecule has 102 valence electrons. The van der Waals surface area contributed by atoms with E-state index in [1.165, 1.54) is 36.1 Å². The molecule has 4 rings (SSSR count). The van der Waals surface area contributed by atoms with E-state index in [0.717, 1.165) is 11.8 Å². The predicted octanol–water partition coefficient (Wildman–Crippen LogP) is 4.43. The molecule has 1 nitrogen and oxygen atoms in total. The highest BCUT2D eigenvalue weighted by molar-refractivity contribution is 5.68. The molecule has 2 atom stereocenters. The van der Waals surface area contributed by atoms with Crippen molar-refractivity contribution in [1.82, 2.24) is 0 Å². The Labute approximate surface area is 121 Å². The third kappa shape index (κ3) is 1.84. The number of benzene rings is 1. The molecule has 0 spiro atoms. The lowest BCUT2D eigenvalue weighted by atomic mass is 9.92. The van der Waals surface area contributed by atoms with Gasteiger partial charge in [0.2, 0.25) is 0 Å². The summed E-state index contributed by atoms with van der Waals surface area (Å²) in [6.45, 7) is 0. The first-order chi connectivity index (χ1) is 9.70. The third-order valence-corrected chi connectivity index (χ3v) is 5.03. The summed E-state index contributed by atoms with van der Waals surface area (Å²) in [5.41, 5.74) is 7.25. The molecule has 1 heteroatoms. The average molecular weight is 263 g/mol. The van der Waals surface area contributed by atoms with Crippen LogP contribution in [-0.4, -0.2) is 14.1 Å². The smallest absolute Gasteiger partial charge is 0.0361 e. The fourth-order valence-electron chi connectivity index (χ4n) is 3.97. The summed E-state index contributed by atoms with van der Waals surface area (Å²) in [4.78, 5) is 2.14. The fraction of sp³-hybridized carbons (Fsp3) is 0.368. The molecule has 3 aliphatic rings. The molecule has 2 fully saturated rings. The van der Waals surface area contributed by atoms with Crippen LogP contribution in [0.5, 0.6) is 0 Å². The highest BCUT2D eigenvalue weighted by Gasteiger charge is 2.40. The maximum atomic E-state index is 2.43. The highest BCUT2D eigenvalue weighted by atomic mass is 15.1. The number of anilines is 1. The molecule has 0 radical (unpaired) electrons. The van der Waals surface area contributed by atoms with Gasteiger partial charge in [0.25, 0.3) is 0 Å². The van der Waals surface area contributed by atoms with Crippen molar-refractivity contribution in [2.45, 2.75) is 19.3 Å². The number of fused-ring (bicyclic) bond motifs is 5. The topological polar surface area (TPSA) is 3.24 Å². The molecular formula is C19H21N. The van der Waals surface area contributed by atoms with E-state index >= 15 is 0 Å². The number of hydrogen-bond acceptors (Lipinski definition) is 1. The van der Waals surface area contributed by atoms with E-state index in [1.807, 2.05) is 0 Å². The van der Waals surface area contributed by atoms with Crippen molar-refractivity contribution in [3.8, 4) is 0 Å². The summed E-state index contributed by atoms with van der Waals surface area (Å²) in [6.07, 6.45) is 11.4. The summed E-state index contributed by atoms with van der Waals surface area (Å²) >= 11 is 0. The second-order valence-electron chi connectivity index (χ2n) is 6.54. The van der Waals surface area contributed by atoms with Crippen LogP contribution < -0.4 is 4.90 Å². The number of allylic oxidation sites excluding steroid dienone is 5. The van der Waals surface area contributed by atoms with Crippen molar-refractivity contribution in [3.05, 3.63) is 58.7 Å². The molecular weight excluding hydrogens is 242 g/mol. The van der Waals surface area contributed by atoms with Gasteiger partial charge in [0.1, 0.15) is 0 Å². The Hall–Kier alpha value is -1.76. The zero-order valence-electron chi connectivity index (χ0n) is 12.3. The van der Waals surface area contributed by atoms with Crippen LogP contribution in [0.2, 0.25) is 0 Å². The largest absolute Gasteiger partial charge is 0.378 e. The van der Waals surface area contributed by atoms with E-state index in [-0.39, 0.29) is 0 Å². The van der Waals surface area contributed by atoms with E-state index in [0.29, 0.717) is 0 Å². The second-order valence-corrected chi connectivity index (χ2v) is 6.54. The molecule has 0 N–H and O–H groups in total. The zero-order chi connectivity index (χ0) is 13.7. The number of nitrogens with zero attached hydrogens (tertiary/aromatic N) is 1. The highest BCUT2D eigenvalue weighted by Crippen LogP contribution is 2.54. The predicted molar refractivity (Wildman–Crippen MR) is 85.7 cm³/mol. The van der Waals surface area contributed by atoms with Crippen LogP contribution in [0.4, 0.5) is 5.69 Å². The van der Waals surface area contributed by atoms with E-state index in [9.17, 15) is 0 Å². The number of rotatable bonds is 2. The van der Waals surface area contributed by atoms with Gasteiger partial charge < -0.3 is 4.90 Å². The van der Waals surface area contributed by atoms with Crippen LogP contribution in [0.15, 0.2) is 53.1 Å². The van der Waals surface area contributed by atoms with Gasteiger partial charge in [0, 0.05) is 19.8 Å². The lowest BCUT2D eigenvalue weighted by molar-refractivity contribution is 0.658. The molecule has 0 heterocycles. The minimum absolute atomic E-state index is 0.869. The lowest BCUT2D eigenvalue weighted by Gasteiger charge is -2.12. The number of hydrogen-bond donors (Lipinski definition) is 0. The normalized spacial score (nSPS) is 26.4. The van der Waals surface area contributed by atoms with Gasteiger partial charge in [-0.1, -0.05) is 24.3 Å². The average Bonchev–Trinajstić information content (AvgIpc) is 3.10. The fourth-order valence-corrected chi connectivity index (χ4v) is 3.97. The van der Waals surface area contributed by atoms with E-state index in [4.69, 9.17) is 0 Å². The molecule has 0 saturated heterocycles. The molecule has 20 heavy (non-hydrogen) atoms. The third-order valence-electron chi connectivity index (χ3n) is 5.03. The molecule has 0 aromatic heterocycles. The van der Waals surface area contributed by atoms with Gasteiger partial charge in [-0.15, -0.1) is 0 Å². The summed E-state index contributed by atoms with van der Waals surface area (Å²) in [7, 11) is 4.16. The van der Waals surface area contributed by atoms with Crippen molar-refractivity contribution in [1.29, 1.82) is 0 Å². The summed E-state index contributed by atoms with van der Waals surface area (Å²) in [5, 5.41) is 0. The summed E-state index contributed by atoms with van der Waals surface area (Å²) in [5.74, 6) is 1.74. The van der Waals surface area contributed by atoms with Gasteiger partial charge >= 0.3 is 0 Å². The molecule has 0 aliphatic heterocycles. The first-order valence-electron chi connectivity index (χ1n) is 7.63. The van der Waals surface area contributed by atoms with Crippen molar-refractivity contribution in [2.24, 2.45) is 11.8 Å². The van der Waals surface area contributed by atoms with E-state index in [1.54, 1.807) is 11.1 Å². The van der Waals surface area contributed by atoms with Gasteiger partial charge in [0.15, 0.2) is 0 Å². The zero-order valence-corrected chi connectivity index (χ0v) is 12.3. The minimum Gasteiger partial charge on any atom is -0.378 e. The van der Waals surface area contributed by atoms with Gasteiger partial charge in [-0.2, -0.15) is 0 Å². The Balaban J connectivity index is 1.62. The molecule has 2 unspecified atom stereocenters. The van der Waals surface area contributed by atoms with Gasteiger partial charge in [0.05, 0.1) is 0 Å². The first-order valence-corrected chi connectivity index (χ1v) is 7.63. The molecule has 2 bridgehead atoms. The van der Waals surface area contributed by atoms with Crippen LogP contribution in [0.3, 0.4) is 0 Å². The quantitative estimate of drug-likeness (QED) is 0.763. The van der Waals surface area contributed by atoms with Gasteiger partial charge in [-0.3, -0.25) is 0 Å². The van der Waals surface area contributed by atoms with Crippen molar-refractivity contribution < 1.29 is 0 Å². The summed E-state index contributed by atoms with van der Waals surface area (Å²) in [6, 6.07) is 8.79. The molecule has 3 aliphatic carbocycles.